The van der Waals surface area contributed by atoms with Gasteiger partial charge in [-0.05, 0) is 61.1 Å². The van der Waals surface area contributed by atoms with Crippen molar-refractivity contribution in [1.82, 2.24) is 24.5 Å². The molecule has 10 heteroatoms. The van der Waals surface area contributed by atoms with Crippen LogP contribution in [0.1, 0.15) is 29.6 Å². The molecule has 0 bridgehead atoms. The van der Waals surface area contributed by atoms with Crippen molar-refractivity contribution in [3.8, 4) is 0 Å². The Kier molecular flexibility index (Phi) is 7.15. The van der Waals surface area contributed by atoms with Gasteiger partial charge in [0.05, 0.1) is 46.5 Å². The number of aryl methyl sites for hydroxylation is 2. The maximum Gasteiger partial charge on any atom is 0.173 e. The van der Waals surface area contributed by atoms with Gasteiger partial charge in [0.25, 0.3) is 0 Å². The van der Waals surface area contributed by atoms with Crippen LogP contribution in [0.5, 0.6) is 0 Å². The van der Waals surface area contributed by atoms with Crippen LogP contribution in [0.25, 0.3) is 0 Å². The van der Waals surface area contributed by atoms with E-state index >= 15 is 0 Å². The molecule has 3 rings (SSSR count). The third-order valence-corrected chi connectivity index (χ3v) is 6.34. The van der Waals surface area contributed by atoms with E-state index in [-0.39, 0.29) is 12.4 Å². The molecular weight excluding hydrogens is 491 g/mol. The first-order valence-electron chi connectivity index (χ1n) is 9.42. The summed E-state index contributed by atoms with van der Waals surface area (Å²) in [5.74, 6) is -0.349. The van der Waals surface area contributed by atoms with Gasteiger partial charge in [0, 0.05) is 24.2 Å². The summed E-state index contributed by atoms with van der Waals surface area (Å²) in [6, 6.07) is 4.66. The summed E-state index contributed by atoms with van der Waals surface area (Å²) in [6.45, 7) is 7.46. The first-order valence-corrected chi connectivity index (χ1v) is 11.0. The van der Waals surface area contributed by atoms with Crippen LogP contribution in [0.3, 0.4) is 0 Å². The van der Waals surface area contributed by atoms with Gasteiger partial charge in [-0.25, -0.2) is 4.39 Å². The fourth-order valence-electron chi connectivity index (χ4n) is 3.18. The molecule has 2 aromatic heterocycles. The number of anilines is 1. The molecule has 0 atom stereocenters. The van der Waals surface area contributed by atoms with E-state index in [0.717, 1.165) is 33.8 Å². The van der Waals surface area contributed by atoms with E-state index in [2.05, 4.69) is 31.4 Å². The van der Waals surface area contributed by atoms with Gasteiger partial charge in [0.2, 0.25) is 0 Å². The highest BCUT2D eigenvalue weighted by atomic mass is 79.9. The van der Waals surface area contributed by atoms with Gasteiger partial charge in [-0.2, -0.15) is 10.2 Å². The topological polar surface area (TPSA) is 50.9 Å². The zero-order valence-corrected chi connectivity index (χ0v) is 20.4. The molecule has 0 saturated carbocycles. The molecule has 0 radical (unpaired) electrons. The van der Waals surface area contributed by atoms with Crippen molar-refractivity contribution in [3.05, 3.63) is 62.4 Å². The summed E-state index contributed by atoms with van der Waals surface area (Å²) in [6.07, 6.45) is 1.79. The molecule has 30 heavy (non-hydrogen) atoms. The van der Waals surface area contributed by atoms with Crippen LogP contribution in [-0.4, -0.2) is 36.6 Å². The third-order valence-electron chi connectivity index (χ3n) is 4.91. The van der Waals surface area contributed by atoms with Crippen LogP contribution in [0.15, 0.2) is 28.9 Å². The Bertz CT molecular complexity index is 1060. The number of hydrogen-bond acceptors (Lipinski definition) is 3. The van der Waals surface area contributed by atoms with Gasteiger partial charge in [-0.3, -0.25) is 9.36 Å². The van der Waals surface area contributed by atoms with Gasteiger partial charge in [-0.15, -0.1) is 0 Å². The first-order chi connectivity index (χ1) is 14.2. The van der Waals surface area contributed by atoms with Crippen LogP contribution >= 0.6 is 39.7 Å². The van der Waals surface area contributed by atoms with E-state index in [1.165, 1.54) is 6.07 Å². The van der Waals surface area contributed by atoms with Crippen molar-refractivity contribution >= 4 is 50.5 Å². The second kappa shape index (κ2) is 9.45. The average molecular weight is 514 g/mol. The van der Waals surface area contributed by atoms with Crippen molar-refractivity contribution in [2.24, 2.45) is 0 Å². The van der Waals surface area contributed by atoms with Gasteiger partial charge >= 0.3 is 0 Å². The van der Waals surface area contributed by atoms with E-state index in [1.54, 1.807) is 23.0 Å². The number of thiocarbonyl (C=S) groups is 1. The number of rotatable bonds is 6. The SMILES string of the molecule is CCn1ncc(Br)c1CN(C)C(=S)Nc1c(C)nn(Cc2c(F)cccc2Cl)c1C. The highest BCUT2D eigenvalue weighted by Crippen LogP contribution is 2.25. The Labute approximate surface area is 194 Å². The number of nitrogens with zero attached hydrogens (tertiary/aromatic N) is 5. The molecular formula is C20H23BrClFN6S. The van der Waals surface area contributed by atoms with Crippen LogP contribution in [0.4, 0.5) is 10.1 Å². The maximum absolute atomic E-state index is 14.2. The first kappa shape index (κ1) is 22.7. The zero-order valence-electron chi connectivity index (χ0n) is 17.2. The Hall–Kier alpha value is -1.97. The molecule has 0 unspecified atom stereocenters. The lowest BCUT2D eigenvalue weighted by atomic mass is 10.2. The quantitative estimate of drug-likeness (QED) is 0.462. The smallest absolute Gasteiger partial charge is 0.173 e. The minimum atomic E-state index is -0.349. The lowest BCUT2D eigenvalue weighted by Gasteiger charge is -2.22. The Morgan fingerprint density at radius 1 is 1.33 bits per heavy atom. The summed E-state index contributed by atoms with van der Waals surface area (Å²) in [5, 5.41) is 13.1. The molecule has 0 spiro atoms. The molecule has 0 amide bonds. The van der Waals surface area contributed by atoms with E-state index in [4.69, 9.17) is 23.8 Å². The van der Waals surface area contributed by atoms with Crippen LogP contribution < -0.4 is 5.32 Å². The highest BCUT2D eigenvalue weighted by molar-refractivity contribution is 9.10. The normalized spacial score (nSPS) is 11.0. The number of aromatic nitrogens is 4. The number of halogens is 3. The Morgan fingerprint density at radius 3 is 2.73 bits per heavy atom. The lowest BCUT2D eigenvalue weighted by molar-refractivity contribution is 0.470. The van der Waals surface area contributed by atoms with Gasteiger partial charge in [-0.1, -0.05) is 17.7 Å². The van der Waals surface area contributed by atoms with Crippen molar-refractivity contribution in [1.29, 1.82) is 0 Å². The van der Waals surface area contributed by atoms with Gasteiger partial charge in [0.1, 0.15) is 5.82 Å². The van der Waals surface area contributed by atoms with Crippen LogP contribution in [-0.2, 0) is 19.6 Å². The largest absolute Gasteiger partial charge is 0.346 e. The predicted octanol–water partition coefficient (Wildman–Crippen LogP) is 5.15. The van der Waals surface area contributed by atoms with Gasteiger partial charge in [0.15, 0.2) is 5.11 Å². The number of hydrogen-bond donors (Lipinski definition) is 1. The van der Waals surface area contributed by atoms with Crippen LogP contribution in [0.2, 0.25) is 5.02 Å². The van der Waals surface area contributed by atoms with Crippen molar-refractivity contribution < 1.29 is 4.39 Å². The second-order valence-electron chi connectivity index (χ2n) is 6.94. The molecule has 0 fully saturated rings. The standard InChI is InChI=1S/C20H23BrClFN6S/c1-5-28-18(15(21)9-24-28)11-27(4)20(30)25-19-12(2)26-29(13(19)3)10-14-16(22)7-6-8-17(14)23/h6-9H,5,10-11H2,1-4H3,(H,25,30). The van der Waals surface area contributed by atoms with Crippen molar-refractivity contribution in [2.45, 2.75) is 40.4 Å². The lowest BCUT2D eigenvalue weighted by Crippen LogP contribution is -2.32. The van der Waals surface area contributed by atoms with E-state index < -0.39 is 0 Å². The molecule has 3 aromatic rings. The van der Waals surface area contributed by atoms with E-state index in [9.17, 15) is 4.39 Å². The van der Waals surface area contributed by atoms with Gasteiger partial charge < -0.3 is 10.2 Å². The third kappa shape index (κ3) is 4.68. The molecule has 2 heterocycles. The van der Waals surface area contributed by atoms with Crippen LogP contribution in [0, 0.1) is 19.7 Å². The molecule has 0 aliphatic carbocycles. The molecule has 6 nitrogen and oxygen atoms in total. The van der Waals surface area contributed by atoms with E-state index in [0.29, 0.717) is 22.2 Å². The predicted molar refractivity (Wildman–Crippen MR) is 126 cm³/mol. The monoisotopic (exact) mass is 512 g/mol. The summed E-state index contributed by atoms with van der Waals surface area (Å²) < 4.78 is 18.8. The minimum absolute atomic E-state index is 0.241. The fraction of sp³-hybridized carbons (Fsp3) is 0.350. The Morgan fingerprint density at radius 2 is 2.07 bits per heavy atom. The molecule has 1 aromatic carbocycles. The summed E-state index contributed by atoms with van der Waals surface area (Å²) in [7, 11) is 1.92. The maximum atomic E-state index is 14.2. The van der Waals surface area contributed by atoms with Crippen molar-refractivity contribution in [2.75, 3.05) is 12.4 Å². The zero-order chi connectivity index (χ0) is 22.0. The average Bonchev–Trinajstić information content (AvgIpc) is 3.18. The Balaban J connectivity index is 1.77. The minimum Gasteiger partial charge on any atom is -0.346 e. The second-order valence-corrected chi connectivity index (χ2v) is 8.59. The molecule has 0 aliphatic rings. The molecule has 0 saturated heterocycles. The summed E-state index contributed by atoms with van der Waals surface area (Å²) >= 11 is 15.3. The molecule has 1 N–H and O–H groups in total. The van der Waals surface area contributed by atoms with Crippen molar-refractivity contribution in [3.63, 3.8) is 0 Å². The number of benzene rings is 1. The van der Waals surface area contributed by atoms with E-state index in [1.807, 2.05) is 37.4 Å². The molecule has 160 valence electrons. The molecule has 0 aliphatic heterocycles. The summed E-state index contributed by atoms with van der Waals surface area (Å²) in [4.78, 5) is 1.94. The fourth-order valence-corrected chi connectivity index (χ4v) is 3.99. The highest BCUT2D eigenvalue weighted by Gasteiger charge is 2.18. The number of nitrogens with one attached hydrogen (secondary N) is 1. The summed E-state index contributed by atoms with van der Waals surface area (Å²) in [5.41, 5.74) is 3.89.